The Bertz CT molecular complexity index is 615. The van der Waals surface area contributed by atoms with Crippen LogP contribution in [0.15, 0.2) is 36.4 Å². The molecule has 20 heavy (non-hydrogen) atoms. The Morgan fingerprint density at radius 1 is 1.05 bits per heavy atom. The van der Waals surface area contributed by atoms with Crippen LogP contribution in [0.25, 0.3) is 0 Å². The molecule has 0 unspecified atom stereocenters. The summed E-state index contributed by atoms with van der Waals surface area (Å²) in [6.07, 6.45) is 0. The van der Waals surface area contributed by atoms with E-state index >= 15 is 0 Å². The molecule has 104 valence electrons. The van der Waals surface area contributed by atoms with Gasteiger partial charge in [0.25, 0.3) is 5.91 Å². The standard InChI is InChI=1S/C15H12Cl3NO/c1-9-2-4-10(5-3-9)15(20)19-8-12-13(17)6-11(16)7-14(12)18/h2-7H,8H2,1H3,(H,19,20). The number of halogens is 3. The first-order chi connectivity index (χ1) is 9.47. The van der Waals surface area contributed by atoms with Crippen LogP contribution >= 0.6 is 34.8 Å². The van der Waals surface area contributed by atoms with Crippen molar-refractivity contribution in [2.45, 2.75) is 13.5 Å². The quantitative estimate of drug-likeness (QED) is 0.854. The van der Waals surface area contributed by atoms with E-state index in [4.69, 9.17) is 34.8 Å². The predicted octanol–water partition coefficient (Wildman–Crippen LogP) is 4.89. The zero-order valence-electron chi connectivity index (χ0n) is 10.7. The summed E-state index contributed by atoms with van der Waals surface area (Å²) in [5.74, 6) is -0.174. The number of nitrogens with one attached hydrogen (secondary N) is 1. The van der Waals surface area contributed by atoms with Gasteiger partial charge >= 0.3 is 0 Å². The molecule has 0 radical (unpaired) electrons. The summed E-state index contributed by atoms with van der Waals surface area (Å²) >= 11 is 18.0. The van der Waals surface area contributed by atoms with E-state index in [1.54, 1.807) is 24.3 Å². The van der Waals surface area contributed by atoms with Gasteiger partial charge < -0.3 is 5.32 Å². The maximum absolute atomic E-state index is 12.0. The summed E-state index contributed by atoms with van der Waals surface area (Å²) in [6.45, 7) is 2.22. The third kappa shape index (κ3) is 3.66. The third-order valence-electron chi connectivity index (χ3n) is 2.85. The van der Waals surface area contributed by atoms with Crippen molar-refractivity contribution < 1.29 is 4.79 Å². The predicted molar refractivity (Wildman–Crippen MR) is 83.8 cm³/mol. The highest BCUT2D eigenvalue weighted by Crippen LogP contribution is 2.28. The first kappa shape index (κ1) is 15.2. The van der Waals surface area contributed by atoms with Crippen LogP contribution in [0.3, 0.4) is 0 Å². The van der Waals surface area contributed by atoms with Crippen molar-refractivity contribution in [2.24, 2.45) is 0 Å². The van der Waals surface area contributed by atoms with E-state index in [1.807, 2.05) is 19.1 Å². The average Bonchev–Trinajstić information content (AvgIpc) is 2.38. The molecule has 0 bridgehead atoms. The summed E-state index contributed by atoms with van der Waals surface area (Å²) in [6, 6.07) is 10.5. The van der Waals surface area contributed by atoms with E-state index in [0.29, 0.717) is 26.2 Å². The van der Waals surface area contributed by atoms with Crippen LogP contribution in [0.2, 0.25) is 15.1 Å². The van der Waals surface area contributed by atoms with Gasteiger partial charge in [-0.3, -0.25) is 4.79 Å². The number of aryl methyl sites for hydroxylation is 1. The van der Waals surface area contributed by atoms with Crippen molar-refractivity contribution in [2.75, 3.05) is 0 Å². The monoisotopic (exact) mass is 327 g/mol. The van der Waals surface area contributed by atoms with Crippen molar-refractivity contribution >= 4 is 40.7 Å². The minimum Gasteiger partial charge on any atom is -0.348 e. The average molecular weight is 329 g/mol. The highest BCUT2D eigenvalue weighted by Gasteiger charge is 2.10. The van der Waals surface area contributed by atoms with Crippen molar-refractivity contribution in [1.82, 2.24) is 5.32 Å². The van der Waals surface area contributed by atoms with E-state index in [-0.39, 0.29) is 12.5 Å². The molecule has 5 heteroatoms. The van der Waals surface area contributed by atoms with Crippen molar-refractivity contribution in [3.05, 3.63) is 68.2 Å². The first-order valence-electron chi connectivity index (χ1n) is 5.95. The molecule has 0 atom stereocenters. The molecule has 0 aliphatic rings. The van der Waals surface area contributed by atoms with Gasteiger partial charge in [0.05, 0.1) is 0 Å². The Hall–Kier alpha value is -1.22. The Morgan fingerprint density at radius 3 is 2.15 bits per heavy atom. The van der Waals surface area contributed by atoms with E-state index in [0.717, 1.165) is 5.56 Å². The summed E-state index contributed by atoms with van der Waals surface area (Å²) in [5, 5.41) is 4.12. The molecule has 0 aromatic heterocycles. The fraction of sp³-hybridized carbons (Fsp3) is 0.133. The van der Waals surface area contributed by atoms with Crippen LogP contribution in [0.4, 0.5) is 0 Å². The lowest BCUT2D eigenvalue weighted by atomic mass is 10.1. The summed E-state index contributed by atoms with van der Waals surface area (Å²) in [5.41, 5.74) is 2.35. The van der Waals surface area contributed by atoms with Crippen LogP contribution in [0, 0.1) is 6.92 Å². The van der Waals surface area contributed by atoms with E-state index < -0.39 is 0 Å². The molecule has 0 saturated heterocycles. The zero-order chi connectivity index (χ0) is 14.7. The lowest BCUT2D eigenvalue weighted by Crippen LogP contribution is -2.23. The minimum atomic E-state index is -0.174. The lowest BCUT2D eigenvalue weighted by Gasteiger charge is -2.09. The number of benzene rings is 2. The molecule has 2 aromatic rings. The molecular formula is C15H12Cl3NO. The minimum absolute atomic E-state index is 0.174. The third-order valence-corrected chi connectivity index (χ3v) is 3.74. The molecule has 2 nitrogen and oxygen atoms in total. The molecule has 0 aliphatic heterocycles. The van der Waals surface area contributed by atoms with Crippen molar-refractivity contribution in [3.8, 4) is 0 Å². The number of hydrogen-bond donors (Lipinski definition) is 1. The normalized spacial score (nSPS) is 10.4. The molecule has 0 spiro atoms. The Morgan fingerprint density at radius 2 is 1.60 bits per heavy atom. The number of carbonyl (C=O) groups is 1. The van der Waals surface area contributed by atoms with Gasteiger partial charge in [0, 0.05) is 32.7 Å². The van der Waals surface area contributed by atoms with E-state index in [9.17, 15) is 4.79 Å². The highest BCUT2D eigenvalue weighted by molar-refractivity contribution is 6.39. The van der Waals surface area contributed by atoms with E-state index in [2.05, 4.69) is 5.32 Å². The number of hydrogen-bond acceptors (Lipinski definition) is 1. The van der Waals surface area contributed by atoms with Crippen LogP contribution in [-0.4, -0.2) is 5.91 Å². The SMILES string of the molecule is Cc1ccc(C(=O)NCc2c(Cl)cc(Cl)cc2Cl)cc1. The fourth-order valence-electron chi connectivity index (χ4n) is 1.72. The van der Waals surface area contributed by atoms with Crippen LogP contribution in [-0.2, 0) is 6.54 Å². The molecule has 0 aliphatic carbocycles. The van der Waals surface area contributed by atoms with Gasteiger partial charge in [0.15, 0.2) is 0 Å². The largest absolute Gasteiger partial charge is 0.348 e. The van der Waals surface area contributed by atoms with Gasteiger partial charge in [-0.1, -0.05) is 52.5 Å². The first-order valence-corrected chi connectivity index (χ1v) is 7.09. The number of carbonyl (C=O) groups excluding carboxylic acids is 1. The maximum Gasteiger partial charge on any atom is 0.251 e. The second-order valence-corrected chi connectivity index (χ2v) is 5.65. The molecule has 1 N–H and O–H groups in total. The molecular weight excluding hydrogens is 317 g/mol. The summed E-state index contributed by atoms with van der Waals surface area (Å²) < 4.78 is 0. The van der Waals surface area contributed by atoms with Crippen molar-refractivity contribution in [3.63, 3.8) is 0 Å². The zero-order valence-corrected chi connectivity index (χ0v) is 13.0. The van der Waals surface area contributed by atoms with Gasteiger partial charge in [0.1, 0.15) is 0 Å². The van der Waals surface area contributed by atoms with Gasteiger partial charge in [-0.2, -0.15) is 0 Å². The van der Waals surface area contributed by atoms with Crippen molar-refractivity contribution in [1.29, 1.82) is 0 Å². The molecule has 2 rings (SSSR count). The maximum atomic E-state index is 12.0. The summed E-state index contributed by atoms with van der Waals surface area (Å²) in [4.78, 5) is 12.0. The highest BCUT2D eigenvalue weighted by atomic mass is 35.5. The second kappa shape index (κ2) is 6.49. The molecule has 1 amide bonds. The second-order valence-electron chi connectivity index (χ2n) is 4.40. The molecule has 0 fully saturated rings. The number of amides is 1. The Balaban J connectivity index is 2.09. The molecule has 2 aromatic carbocycles. The number of rotatable bonds is 3. The Kier molecular flexibility index (Phi) is 4.92. The molecule has 0 saturated carbocycles. The van der Waals surface area contributed by atoms with Gasteiger partial charge in [0.2, 0.25) is 0 Å². The topological polar surface area (TPSA) is 29.1 Å². The smallest absolute Gasteiger partial charge is 0.251 e. The fourth-order valence-corrected chi connectivity index (χ4v) is 2.67. The Labute approximate surface area is 132 Å². The van der Waals surface area contributed by atoms with Crippen LogP contribution in [0.5, 0.6) is 0 Å². The molecule has 0 heterocycles. The lowest BCUT2D eigenvalue weighted by molar-refractivity contribution is 0.0951. The van der Waals surface area contributed by atoms with Crippen LogP contribution < -0.4 is 5.32 Å². The van der Waals surface area contributed by atoms with E-state index in [1.165, 1.54) is 0 Å². The van der Waals surface area contributed by atoms with Gasteiger partial charge in [-0.25, -0.2) is 0 Å². The van der Waals surface area contributed by atoms with Gasteiger partial charge in [-0.05, 0) is 31.2 Å². The summed E-state index contributed by atoms with van der Waals surface area (Å²) in [7, 11) is 0. The van der Waals surface area contributed by atoms with Gasteiger partial charge in [-0.15, -0.1) is 0 Å². The van der Waals surface area contributed by atoms with Crippen LogP contribution in [0.1, 0.15) is 21.5 Å².